The van der Waals surface area contributed by atoms with Gasteiger partial charge in [0.05, 0.1) is 5.03 Å². The van der Waals surface area contributed by atoms with E-state index in [9.17, 15) is 4.79 Å². The summed E-state index contributed by atoms with van der Waals surface area (Å²) in [5.41, 5.74) is -0.279. The van der Waals surface area contributed by atoms with Crippen molar-refractivity contribution >= 4 is 17.7 Å². The van der Waals surface area contributed by atoms with Crippen molar-refractivity contribution in [2.75, 3.05) is 6.54 Å². The fourth-order valence-corrected chi connectivity index (χ4v) is 2.52. The zero-order valence-corrected chi connectivity index (χ0v) is 10.4. The van der Waals surface area contributed by atoms with E-state index in [0.29, 0.717) is 5.25 Å². The first-order valence-electron chi connectivity index (χ1n) is 5.01. The van der Waals surface area contributed by atoms with E-state index < -0.39 is 0 Å². The van der Waals surface area contributed by atoms with Gasteiger partial charge in [0, 0.05) is 17.2 Å². The zero-order valence-electron chi connectivity index (χ0n) is 9.63. The van der Waals surface area contributed by atoms with Gasteiger partial charge in [-0.1, -0.05) is 33.8 Å². The van der Waals surface area contributed by atoms with Crippen molar-refractivity contribution in [3.63, 3.8) is 0 Å². The maximum atomic E-state index is 12.1. The topological polar surface area (TPSA) is 20.3 Å². The molecule has 1 unspecified atom stereocenters. The van der Waals surface area contributed by atoms with Gasteiger partial charge in [-0.25, -0.2) is 0 Å². The van der Waals surface area contributed by atoms with Crippen molar-refractivity contribution in [2.24, 2.45) is 5.41 Å². The van der Waals surface area contributed by atoms with Gasteiger partial charge in [-0.05, 0) is 6.92 Å². The smallest absolute Gasteiger partial charge is 0.232 e. The molecule has 0 aromatic carbocycles. The molecule has 1 aliphatic rings. The van der Waals surface area contributed by atoms with Crippen molar-refractivity contribution in [2.45, 2.75) is 39.9 Å². The van der Waals surface area contributed by atoms with E-state index in [-0.39, 0.29) is 11.3 Å². The monoisotopic (exact) mass is 213 g/mol. The average molecular weight is 213 g/mol. The summed E-state index contributed by atoms with van der Waals surface area (Å²) in [6.45, 7) is 10.9. The van der Waals surface area contributed by atoms with Crippen LogP contribution >= 0.6 is 11.8 Å². The number of thioether (sulfide) groups is 1. The highest BCUT2D eigenvalue weighted by Gasteiger charge is 2.34. The maximum absolute atomic E-state index is 12.1. The highest BCUT2D eigenvalue weighted by molar-refractivity contribution is 8.03. The Bertz CT molecular complexity index is 265. The Kier molecular flexibility index (Phi) is 3.30. The van der Waals surface area contributed by atoms with E-state index in [1.54, 1.807) is 11.8 Å². The third kappa shape index (κ3) is 2.32. The summed E-state index contributed by atoms with van der Waals surface area (Å²) < 4.78 is 0. The molecular weight excluding hydrogens is 194 g/mol. The van der Waals surface area contributed by atoms with Gasteiger partial charge in [-0.15, -0.1) is 11.8 Å². The summed E-state index contributed by atoms with van der Waals surface area (Å²) >= 11 is 1.78. The molecule has 1 rings (SSSR count). The molecule has 3 heteroatoms. The van der Waals surface area contributed by atoms with E-state index in [1.165, 1.54) is 0 Å². The molecule has 0 spiro atoms. The standard InChI is InChI=1S/C11H19NOS/c1-6-9-12(7-8(2)14-9)10(13)11(3,4)5/h6,8H,7H2,1-5H3. The number of hydrogen-bond acceptors (Lipinski definition) is 2. The minimum absolute atomic E-state index is 0.224. The van der Waals surface area contributed by atoms with Crippen LogP contribution in [0.25, 0.3) is 0 Å². The van der Waals surface area contributed by atoms with Crippen molar-refractivity contribution in [1.82, 2.24) is 4.90 Å². The number of allylic oxidation sites excluding steroid dienone is 1. The molecule has 0 N–H and O–H groups in total. The third-order valence-corrected chi connectivity index (χ3v) is 3.41. The molecule has 1 atom stereocenters. The van der Waals surface area contributed by atoms with Crippen LogP contribution in [0.15, 0.2) is 11.1 Å². The van der Waals surface area contributed by atoms with Crippen molar-refractivity contribution in [3.05, 3.63) is 11.1 Å². The molecule has 80 valence electrons. The lowest BCUT2D eigenvalue weighted by molar-refractivity contribution is -0.136. The Hall–Kier alpha value is -0.440. The Morgan fingerprint density at radius 2 is 2.14 bits per heavy atom. The molecule has 1 heterocycles. The molecule has 0 aliphatic carbocycles. The molecule has 14 heavy (non-hydrogen) atoms. The van der Waals surface area contributed by atoms with E-state index >= 15 is 0 Å². The van der Waals surface area contributed by atoms with Gasteiger partial charge in [0.25, 0.3) is 0 Å². The van der Waals surface area contributed by atoms with Crippen LogP contribution in [0.2, 0.25) is 0 Å². The zero-order chi connectivity index (χ0) is 10.9. The SMILES string of the molecule is CC=C1SC(C)CN1C(=O)C(C)(C)C. The number of carbonyl (C=O) groups is 1. The van der Waals surface area contributed by atoms with Crippen molar-refractivity contribution in [3.8, 4) is 0 Å². The lowest BCUT2D eigenvalue weighted by Gasteiger charge is -2.25. The number of rotatable bonds is 0. The molecule has 0 aromatic heterocycles. The van der Waals surface area contributed by atoms with Crippen LogP contribution < -0.4 is 0 Å². The van der Waals surface area contributed by atoms with Gasteiger partial charge < -0.3 is 4.90 Å². The van der Waals surface area contributed by atoms with Crippen LogP contribution in [0.3, 0.4) is 0 Å². The number of nitrogens with zero attached hydrogens (tertiary/aromatic N) is 1. The normalized spacial score (nSPS) is 25.9. The second-order valence-electron chi connectivity index (χ2n) is 4.72. The molecule has 1 fully saturated rings. The summed E-state index contributed by atoms with van der Waals surface area (Å²) in [5, 5.41) is 1.63. The molecule has 0 saturated carbocycles. The van der Waals surface area contributed by atoms with Crippen LogP contribution in [0.1, 0.15) is 34.6 Å². The van der Waals surface area contributed by atoms with Crippen molar-refractivity contribution < 1.29 is 4.79 Å². The average Bonchev–Trinajstić information content (AvgIpc) is 2.43. The van der Waals surface area contributed by atoms with Gasteiger partial charge in [0.15, 0.2) is 0 Å². The Morgan fingerprint density at radius 1 is 1.57 bits per heavy atom. The first-order chi connectivity index (χ1) is 6.36. The lowest BCUT2D eigenvalue weighted by atomic mass is 9.95. The minimum Gasteiger partial charge on any atom is -0.305 e. The molecule has 1 amide bonds. The molecule has 2 nitrogen and oxygen atoms in total. The van der Waals surface area contributed by atoms with E-state index in [0.717, 1.165) is 11.6 Å². The van der Waals surface area contributed by atoms with Crippen LogP contribution in [0.5, 0.6) is 0 Å². The summed E-state index contributed by atoms with van der Waals surface area (Å²) in [4.78, 5) is 14.0. The fraction of sp³-hybridized carbons (Fsp3) is 0.727. The summed E-state index contributed by atoms with van der Waals surface area (Å²) in [7, 11) is 0. The van der Waals surface area contributed by atoms with Gasteiger partial charge in [0.2, 0.25) is 5.91 Å². The summed E-state index contributed by atoms with van der Waals surface area (Å²) in [6.07, 6.45) is 2.03. The van der Waals surface area contributed by atoms with Crippen LogP contribution in [0, 0.1) is 5.41 Å². The predicted octanol–water partition coefficient (Wildman–Crippen LogP) is 2.86. The molecule has 0 aromatic rings. The van der Waals surface area contributed by atoms with Crippen molar-refractivity contribution in [1.29, 1.82) is 0 Å². The number of carbonyl (C=O) groups excluding carboxylic acids is 1. The second kappa shape index (κ2) is 3.97. The summed E-state index contributed by atoms with van der Waals surface area (Å²) in [6, 6.07) is 0. The van der Waals surface area contributed by atoms with Gasteiger partial charge >= 0.3 is 0 Å². The predicted molar refractivity (Wildman–Crippen MR) is 62.0 cm³/mol. The second-order valence-corrected chi connectivity index (χ2v) is 6.18. The molecule has 1 saturated heterocycles. The number of amides is 1. The van der Waals surface area contributed by atoms with Gasteiger partial charge in [-0.2, -0.15) is 0 Å². The number of hydrogen-bond donors (Lipinski definition) is 0. The highest BCUT2D eigenvalue weighted by Crippen LogP contribution is 2.36. The fourth-order valence-electron chi connectivity index (χ4n) is 1.47. The first-order valence-corrected chi connectivity index (χ1v) is 5.89. The Balaban J connectivity index is 2.83. The van der Waals surface area contributed by atoms with E-state index in [4.69, 9.17) is 0 Å². The van der Waals surface area contributed by atoms with Gasteiger partial charge in [0.1, 0.15) is 0 Å². The minimum atomic E-state index is -0.279. The molecule has 0 bridgehead atoms. The maximum Gasteiger partial charge on any atom is 0.232 e. The van der Waals surface area contributed by atoms with Crippen LogP contribution in [0.4, 0.5) is 0 Å². The largest absolute Gasteiger partial charge is 0.305 e. The summed E-state index contributed by atoms with van der Waals surface area (Å²) in [5.74, 6) is 0.224. The quantitative estimate of drug-likeness (QED) is 0.616. The Morgan fingerprint density at radius 3 is 2.57 bits per heavy atom. The van der Waals surface area contributed by atoms with Gasteiger partial charge in [-0.3, -0.25) is 4.79 Å². The molecular formula is C11H19NOS. The first kappa shape index (κ1) is 11.6. The molecule has 0 radical (unpaired) electrons. The third-order valence-electron chi connectivity index (χ3n) is 2.16. The molecule has 1 aliphatic heterocycles. The van der Waals surface area contributed by atoms with Crippen LogP contribution in [-0.2, 0) is 4.79 Å². The highest BCUT2D eigenvalue weighted by atomic mass is 32.2. The van der Waals surface area contributed by atoms with E-state index in [1.807, 2.05) is 38.7 Å². The van der Waals surface area contributed by atoms with Crippen LogP contribution in [-0.4, -0.2) is 22.6 Å². The van der Waals surface area contributed by atoms with E-state index in [2.05, 4.69) is 6.92 Å². The Labute approximate surface area is 90.7 Å². The lowest BCUT2D eigenvalue weighted by Crippen LogP contribution is -2.37.